The lowest BCUT2D eigenvalue weighted by atomic mass is 10.2. The summed E-state index contributed by atoms with van der Waals surface area (Å²) in [6.07, 6.45) is 0. The summed E-state index contributed by atoms with van der Waals surface area (Å²) in [5, 5.41) is 40.6. The van der Waals surface area contributed by atoms with Crippen LogP contribution in [0, 0.1) is 47.4 Å². The molecular weight excluding hydrogens is 325 g/mol. The molecule has 0 spiro atoms. The summed E-state index contributed by atoms with van der Waals surface area (Å²) >= 11 is 0. The van der Waals surface area contributed by atoms with Crippen molar-refractivity contribution in [1.82, 2.24) is 6.15 Å². The van der Waals surface area contributed by atoms with Gasteiger partial charge < -0.3 is 41.7 Å². The number of aryl methyl sites for hydroxylation is 1. The van der Waals surface area contributed by atoms with Crippen LogP contribution in [0.1, 0.15) is 5.56 Å². The molecule has 0 atom stereocenters. The van der Waals surface area contributed by atoms with Crippen molar-refractivity contribution in [2.24, 2.45) is 16.0 Å². The van der Waals surface area contributed by atoms with Gasteiger partial charge in [-0.2, -0.15) is 0 Å². The summed E-state index contributed by atoms with van der Waals surface area (Å²) < 4.78 is 0. The molecule has 0 aliphatic carbocycles. The summed E-state index contributed by atoms with van der Waals surface area (Å²) in [5.74, 6) is 0. The van der Waals surface area contributed by atoms with Gasteiger partial charge in [0.25, 0.3) is 5.09 Å². The fourth-order valence-corrected chi connectivity index (χ4v) is 0.534. The van der Waals surface area contributed by atoms with E-state index in [0.717, 1.165) is 16.0 Å². The smallest absolute Gasteiger partial charge is 0.291 e. The largest absolute Gasteiger partial charge is 0.444 e. The predicted octanol–water partition coefficient (Wildman–Crippen LogP) is 2.18. The van der Waals surface area contributed by atoms with Crippen LogP contribution < -0.4 is 6.15 Å². The van der Waals surface area contributed by atoms with Gasteiger partial charge >= 0.3 is 0 Å². The Morgan fingerprint density at radius 1 is 0.955 bits per heavy atom. The number of hydrogen-bond acceptors (Lipinski definition) is 12. The minimum absolute atomic E-state index is 0. The van der Waals surface area contributed by atoms with Crippen LogP contribution in [0.4, 0.5) is 0 Å². The molecule has 0 heterocycles. The molecule has 0 saturated heterocycles. The van der Waals surface area contributed by atoms with E-state index in [1.807, 2.05) is 18.2 Å². The Balaban J connectivity index is -0.0000000380. The van der Waals surface area contributed by atoms with Crippen LogP contribution >= 0.6 is 0 Å². The number of nitrogens with zero attached hydrogens (tertiary/aromatic N) is 4. The van der Waals surface area contributed by atoms with Crippen LogP contribution in [0.5, 0.6) is 0 Å². The zero-order valence-corrected chi connectivity index (χ0v) is 12.3. The van der Waals surface area contributed by atoms with Crippen molar-refractivity contribution in [2.75, 3.05) is 0 Å². The quantitative estimate of drug-likeness (QED) is 0.301. The first-order valence-corrected chi connectivity index (χ1v) is 4.07. The maximum absolute atomic E-state index is 8.36. The van der Waals surface area contributed by atoms with Gasteiger partial charge in [0.15, 0.2) is 0 Å². The number of benzene rings is 1. The summed E-state index contributed by atoms with van der Waals surface area (Å²) in [6, 6.07) is 10.3. The van der Waals surface area contributed by atoms with Crippen molar-refractivity contribution in [1.29, 1.82) is 0 Å². The molecular formula is C7H12AlN5O9-3. The van der Waals surface area contributed by atoms with Crippen molar-refractivity contribution in [3.05, 3.63) is 76.4 Å². The highest BCUT2D eigenvalue weighted by Gasteiger charge is 1.72. The Morgan fingerprint density at radius 3 is 1.23 bits per heavy atom. The van der Waals surface area contributed by atoms with Gasteiger partial charge in [-0.05, 0) is 6.92 Å². The van der Waals surface area contributed by atoms with E-state index in [1.54, 1.807) is 0 Å². The topological polar surface area (TPSA) is 256 Å². The van der Waals surface area contributed by atoms with E-state index < -0.39 is 5.09 Å². The third-order valence-electron chi connectivity index (χ3n) is 0.940. The van der Waals surface area contributed by atoms with Gasteiger partial charge in [0.05, 0.1) is 0 Å². The molecule has 14 nitrogen and oxygen atoms in total. The Labute approximate surface area is 134 Å². The first kappa shape index (κ1) is 36.5. The molecule has 0 aliphatic heterocycles. The Hall–Kier alpha value is -2.89. The average molecular weight is 337 g/mol. The van der Waals surface area contributed by atoms with Gasteiger partial charge in [0.1, 0.15) is 0 Å². The first-order chi connectivity index (χ1) is 9.37. The molecule has 0 aromatic heterocycles. The third-order valence-corrected chi connectivity index (χ3v) is 0.940. The second-order valence-electron chi connectivity index (χ2n) is 2.12. The molecule has 0 fully saturated rings. The molecule has 4 N–H and O–H groups in total. The number of hydrogen-bond donors (Lipinski definition) is 2. The lowest BCUT2D eigenvalue weighted by Gasteiger charge is -1.82. The van der Waals surface area contributed by atoms with Gasteiger partial charge in [0, 0.05) is 17.4 Å². The molecule has 1 aromatic carbocycles. The molecule has 0 aliphatic rings. The molecule has 0 bridgehead atoms. The Morgan fingerprint density at radius 2 is 1.14 bits per heavy atom. The van der Waals surface area contributed by atoms with Gasteiger partial charge in [-0.1, -0.05) is 35.9 Å². The first-order valence-electron chi connectivity index (χ1n) is 4.07. The Bertz CT molecular complexity index is 324. The van der Waals surface area contributed by atoms with E-state index in [4.69, 9.17) is 45.7 Å². The molecule has 125 valence electrons. The molecule has 1 aromatic rings. The van der Waals surface area contributed by atoms with E-state index in [1.165, 1.54) is 5.56 Å². The second-order valence-corrected chi connectivity index (χ2v) is 2.12. The van der Waals surface area contributed by atoms with Crippen LogP contribution in [0.3, 0.4) is 0 Å². The van der Waals surface area contributed by atoms with Crippen LogP contribution in [0.25, 0.3) is 0 Å². The fourth-order valence-electron chi connectivity index (χ4n) is 0.534. The van der Waals surface area contributed by atoms with Crippen molar-refractivity contribution in [2.45, 2.75) is 6.92 Å². The van der Waals surface area contributed by atoms with Gasteiger partial charge in [-0.15, -0.1) is 26.1 Å². The third kappa shape index (κ3) is 170. The standard InChI is InChI=1S/C7H8.Al.HNO3.3HNO2.H3N/c1-7-5-3-2-4-6-7;;2-1(3)4;3*2-1-3;/h2-6H,1H3;;(H,2,3,4);3*(H,2,3);1H3/p-3. The van der Waals surface area contributed by atoms with E-state index in [2.05, 4.69) is 19.1 Å². The predicted molar refractivity (Wildman–Crippen MR) is 78.2 cm³/mol. The molecule has 0 amide bonds. The van der Waals surface area contributed by atoms with Crippen molar-refractivity contribution in [3.63, 3.8) is 0 Å². The SMILES string of the molecule is Cc1ccccc1.N.O=N[O-].O=N[O-].O=N[O-].O=[N+]([O-])O.[Al]. The van der Waals surface area contributed by atoms with Gasteiger partial charge in [0.2, 0.25) is 0 Å². The lowest BCUT2D eigenvalue weighted by Crippen LogP contribution is -1.81. The zero-order valence-electron chi connectivity index (χ0n) is 11.2. The lowest BCUT2D eigenvalue weighted by molar-refractivity contribution is -0.742. The van der Waals surface area contributed by atoms with E-state index in [0.29, 0.717) is 0 Å². The van der Waals surface area contributed by atoms with E-state index in [9.17, 15) is 0 Å². The molecule has 3 radical (unpaired) electrons. The van der Waals surface area contributed by atoms with Crippen molar-refractivity contribution < 1.29 is 10.3 Å². The molecule has 1 rings (SSSR count). The highest BCUT2D eigenvalue weighted by molar-refractivity contribution is 5.75. The maximum Gasteiger partial charge on any atom is 0.291 e. The average Bonchev–Trinajstić information content (AvgIpc) is 2.32. The van der Waals surface area contributed by atoms with Crippen LogP contribution in [-0.4, -0.2) is 27.7 Å². The van der Waals surface area contributed by atoms with E-state index >= 15 is 0 Å². The van der Waals surface area contributed by atoms with Crippen molar-refractivity contribution >= 4 is 17.4 Å². The molecule has 0 saturated carbocycles. The highest BCUT2D eigenvalue weighted by Crippen LogP contribution is 1.92. The Kier molecular flexibility index (Phi) is 71.2. The number of rotatable bonds is 0. The van der Waals surface area contributed by atoms with Crippen molar-refractivity contribution in [3.8, 4) is 0 Å². The normalized spacial score (nSPS) is 5.50. The van der Waals surface area contributed by atoms with Crippen LogP contribution in [0.2, 0.25) is 0 Å². The van der Waals surface area contributed by atoms with Crippen LogP contribution in [-0.2, 0) is 0 Å². The highest BCUT2D eigenvalue weighted by atomic mass is 27.0. The molecule has 22 heavy (non-hydrogen) atoms. The zero-order chi connectivity index (χ0) is 16.8. The summed E-state index contributed by atoms with van der Waals surface area (Å²) in [4.78, 5) is 32.4. The van der Waals surface area contributed by atoms with Gasteiger partial charge in [-0.25, -0.2) is 0 Å². The molecule has 15 heteroatoms. The summed E-state index contributed by atoms with van der Waals surface area (Å²) in [6.45, 7) is 2.08. The minimum atomic E-state index is -1.50. The second kappa shape index (κ2) is 43.0. The maximum atomic E-state index is 8.36. The summed E-state index contributed by atoms with van der Waals surface area (Å²) in [7, 11) is 0. The van der Waals surface area contributed by atoms with Crippen LogP contribution in [0.15, 0.2) is 46.4 Å². The minimum Gasteiger partial charge on any atom is -0.444 e. The van der Waals surface area contributed by atoms with E-state index in [-0.39, 0.29) is 23.5 Å². The summed E-state index contributed by atoms with van der Waals surface area (Å²) in [5.41, 5.74) is 1.32. The van der Waals surface area contributed by atoms with Gasteiger partial charge in [-0.3, -0.25) is 0 Å². The monoisotopic (exact) mass is 337 g/mol. The fraction of sp³-hybridized carbons (Fsp3) is 0.143. The molecule has 0 unspecified atom stereocenters.